The van der Waals surface area contributed by atoms with Crippen LogP contribution in [0, 0.1) is 11.8 Å². The molecule has 1 aliphatic rings. The molecular weight excluding hydrogens is 216 g/mol. The molecule has 0 radical (unpaired) electrons. The highest BCUT2D eigenvalue weighted by Gasteiger charge is 2.28. The lowest BCUT2D eigenvalue weighted by atomic mass is 9.94. The van der Waals surface area contributed by atoms with Gasteiger partial charge in [0.1, 0.15) is 0 Å². The summed E-state index contributed by atoms with van der Waals surface area (Å²) in [7, 11) is 1.67. The zero-order chi connectivity index (χ0) is 12.8. The topological polar surface area (TPSA) is 49.4 Å². The fourth-order valence-corrected chi connectivity index (χ4v) is 2.43. The minimum Gasteiger partial charge on any atom is -0.359 e. The van der Waals surface area contributed by atoms with Crippen LogP contribution in [0.4, 0.5) is 0 Å². The van der Waals surface area contributed by atoms with Gasteiger partial charge in [-0.05, 0) is 19.3 Å². The van der Waals surface area contributed by atoms with Gasteiger partial charge in [0.25, 0.3) is 0 Å². The number of likely N-dealkylation sites (tertiary alicyclic amines) is 1. The Morgan fingerprint density at radius 1 is 1.35 bits per heavy atom. The molecule has 0 bridgehead atoms. The maximum atomic E-state index is 12.1. The van der Waals surface area contributed by atoms with Crippen LogP contribution >= 0.6 is 0 Å². The highest BCUT2D eigenvalue weighted by molar-refractivity contribution is 5.80. The summed E-state index contributed by atoms with van der Waals surface area (Å²) in [6.07, 6.45) is 3.59. The zero-order valence-electron chi connectivity index (χ0n) is 11.2. The molecular formula is C13H24N2O2. The Bertz CT molecular complexity index is 271. The van der Waals surface area contributed by atoms with Gasteiger partial charge in [0.2, 0.25) is 11.8 Å². The third-order valence-corrected chi connectivity index (χ3v) is 3.57. The number of carbonyl (C=O) groups is 2. The Hall–Kier alpha value is -1.06. The molecule has 0 spiro atoms. The van der Waals surface area contributed by atoms with Gasteiger partial charge in [-0.25, -0.2) is 0 Å². The first kappa shape index (κ1) is 14.0. The first-order valence-corrected chi connectivity index (χ1v) is 6.60. The lowest BCUT2D eigenvalue weighted by Crippen LogP contribution is -2.44. The summed E-state index contributed by atoms with van der Waals surface area (Å²) in [6, 6.07) is 0. The number of hydrogen-bond donors (Lipinski definition) is 1. The van der Waals surface area contributed by atoms with Crippen LogP contribution in [-0.4, -0.2) is 36.9 Å². The predicted octanol–water partition coefficient (Wildman–Crippen LogP) is 1.41. The SMILES string of the molecule is CCCC(C)C(=O)N1CCC(C(=O)NC)CC1. The van der Waals surface area contributed by atoms with Crippen molar-refractivity contribution in [2.75, 3.05) is 20.1 Å². The molecule has 1 unspecified atom stereocenters. The van der Waals surface area contributed by atoms with Crippen molar-refractivity contribution in [3.63, 3.8) is 0 Å². The predicted molar refractivity (Wildman–Crippen MR) is 67.4 cm³/mol. The Kier molecular flexibility index (Phi) is 5.45. The van der Waals surface area contributed by atoms with Gasteiger partial charge >= 0.3 is 0 Å². The number of nitrogens with one attached hydrogen (secondary N) is 1. The van der Waals surface area contributed by atoms with E-state index in [-0.39, 0.29) is 23.7 Å². The van der Waals surface area contributed by atoms with Crippen molar-refractivity contribution in [3.05, 3.63) is 0 Å². The molecule has 0 aromatic rings. The highest BCUT2D eigenvalue weighted by Crippen LogP contribution is 2.20. The maximum Gasteiger partial charge on any atom is 0.225 e. The standard InChI is InChI=1S/C13H24N2O2/c1-4-5-10(2)13(17)15-8-6-11(7-9-15)12(16)14-3/h10-11H,4-9H2,1-3H3,(H,14,16). The van der Waals surface area contributed by atoms with E-state index in [2.05, 4.69) is 12.2 Å². The zero-order valence-corrected chi connectivity index (χ0v) is 11.2. The number of rotatable bonds is 4. The Morgan fingerprint density at radius 3 is 2.41 bits per heavy atom. The van der Waals surface area contributed by atoms with Crippen LogP contribution in [0.5, 0.6) is 0 Å². The van der Waals surface area contributed by atoms with E-state index in [9.17, 15) is 9.59 Å². The van der Waals surface area contributed by atoms with Crippen molar-refractivity contribution in [1.29, 1.82) is 0 Å². The molecule has 0 aliphatic carbocycles. The van der Waals surface area contributed by atoms with E-state index >= 15 is 0 Å². The molecule has 1 rings (SSSR count). The Labute approximate surface area is 104 Å². The van der Waals surface area contributed by atoms with Crippen LogP contribution in [0.3, 0.4) is 0 Å². The van der Waals surface area contributed by atoms with Crippen LogP contribution in [0.2, 0.25) is 0 Å². The molecule has 1 atom stereocenters. The summed E-state index contributed by atoms with van der Waals surface area (Å²) < 4.78 is 0. The Balaban J connectivity index is 2.41. The molecule has 1 N–H and O–H groups in total. The van der Waals surface area contributed by atoms with Gasteiger partial charge in [-0.2, -0.15) is 0 Å². The van der Waals surface area contributed by atoms with Gasteiger partial charge in [0, 0.05) is 32.0 Å². The van der Waals surface area contributed by atoms with Crippen molar-refractivity contribution in [3.8, 4) is 0 Å². The summed E-state index contributed by atoms with van der Waals surface area (Å²) in [5, 5.41) is 2.68. The van der Waals surface area contributed by atoms with E-state index < -0.39 is 0 Å². The molecule has 98 valence electrons. The molecule has 4 nitrogen and oxygen atoms in total. The lowest BCUT2D eigenvalue weighted by Gasteiger charge is -2.32. The molecule has 4 heteroatoms. The first-order chi connectivity index (χ1) is 8.10. The third kappa shape index (κ3) is 3.72. The van der Waals surface area contributed by atoms with Crippen molar-refractivity contribution in [2.45, 2.75) is 39.5 Å². The van der Waals surface area contributed by atoms with Crippen molar-refractivity contribution in [1.82, 2.24) is 10.2 Å². The fourth-order valence-electron chi connectivity index (χ4n) is 2.43. The van der Waals surface area contributed by atoms with Crippen molar-refractivity contribution in [2.24, 2.45) is 11.8 Å². The molecule has 1 saturated heterocycles. The maximum absolute atomic E-state index is 12.1. The summed E-state index contributed by atoms with van der Waals surface area (Å²) in [6.45, 7) is 5.55. The molecule has 0 aromatic heterocycles. The lowest BCUT2D eigenvalue weighted by molar-refractivity contribution is -0.138. The molecule has 17 heavy (non-hydrogen) atoms. The van der Waals surface area contributed by atoms with E-state index in [1.807, 2.05) is 11.8 Å². The van der Waals surface area contributed by atoms with Crippen LogP contribution in [-0.2, 0) is 9.59 Å². The number of nitrogens with zero attached hydrogens (tertiary/aromatic N) is 1. The van der Waals surface area contributed by atoms with E-state index in [1.165, 1.54) is 0 Å². The molecule has 1 fully saturated rings. The molecule has 1 aliphatic heterocycles. The average Bonchev–Trinajstić information content (AvgIpc) is 2.37. The number of piperidine rings is 1. The second kappa shape index (κ2) is 6.62. The largest absolute Gasteiger partial charge is 0.359 e. The number of amides is 2. The number of carbonyl (C=O) groups excluding carboxylic acids is 2. The third-order valence-electron chi connectivity index (χ3n) is 3.57. The summed E-state index contributed by atoms with van der Waals surface area (Å²) >= 11 is 0. The summed E-state index contributed by atoms with van der Waals surface area (Å²) in [5.74, 6) is 0.572. The van der Waals surface area contributed by atoms with Gasteiger partial charge in [-0.3, -0.25) is 9.59 Å². The van der Waals surface area contributed by atoms with Crippen LogP contribution in [0.15, 0.2) is 0 Å². The van der Waals surface area contributed by atoms with Gasteiger partial charge in [0.05, 0.1) is 0 Å². The molecule has 1 heterocycles. The van der Waals surface area contributed by atoms with Crippen LogP contribution in [0.1, 0.15) is 39.5 Å². The quantitative estimate of drug-likeness (QED) is 0.807. The second-order valence-corrected chi connectivity index (χ2v) is 4.90. The monoisotopic (exact) mass is 240 g/mol. The van der Waals surface area contributed by atoms with Crippen molar-refractivity contribution < 1.29 is 9.59 Å². The molecule has 2 amide bonds. The smallest absolute Gasteiger partial charge is 0.225 e. The fraction of sp³-hybridized carbons (Fsp3) is 0.846. The van der Waals surface area contributed by atoms with Crippen LogP contribution < -0.4 is 5.32 Å². The van der Waals surface area contributed by atoms with Crippen LogP contribution in [0.25, 0.3) is 0 Å². The summed E-state index contributed by atoms with van der Waals surface area (Å²) in [4.78, 5) is 25.4. The van der Waals surface area contributed by atoms with Gasteiger partial charge in [-0.1, -0.05) is 20.3 Å². The molecule has 0 saturated carbocycles. The summed E-state index contributed by atoms with van der Waals surface area (Å²) in [5.41, 5.74) is 0. The molecule has 0 aromatic carbocycles. The number of hydrogen-bond acceptors (Lipinski definition) is 2. The minimum absolute atomic E-state index is 0.0885. The van der Waals surface area contributed by atoms with E-state index in [1.54, 1.807) is 7.05 Å². The highest BCUT2D eigenvalue weighted by atomic mass is 16.2. The normalized spacial score (nSPS) is 18.9. The minimum atomic E-state index is 0.0885. The van der Waals surface area contributed by atoms with Gasteiger partial charge in [0.15, 0.2) is 0 Å². The van der Waals surface area contributed by atoms with E-state index in [0.717, 1.165) is 38.8 Å². The van der Waals surface area contributed by atoms with E-state index in [0.29, 0.717) is 0 Å². The van der Waals surface area contributed by atoms with Gasteiger partial charge < -0.3 is 10.2 Å². The van der Waals surface area contributed by atoms with E-state index in [4.69, 9.17) is 0 Å². The average molecular weight is 240 g/mol. The first-order valence-electron chi connectivity index (χ1n) is 6.60. The van der Waals surface area contributed by atoms with Gasteiger partial charge in [-0.15, -0.1) is 0 Å². The Morgan fingerprint density at radius 2 is 1.94 bits per heavy atom. The van der Waals surface area contributed by atoms with Crippen molar-refractivity contribution >= 4 is 11.8 Å². The second-order valence-electron chi connectivity index (χ2n) is 4.90.